The van der Waals surface area contributed by atoms with Gasteiger partial charge in [-0.3, -0.25) is 4.99 Å². The van der Waals surface area contributed by atoms with Crippen LogP contribution in [0.1, 0.15) is 23.6 Å². The zero-order valence-electron chi connectivity index (χ0n) is 11.1. The van der Waals surface area contributed by atoms with Gasteiger partial charge in [-0.25, -0.2) is 9.11 Å². The molecule has 5 heteroatoms. The molecule has 2 N–H and O–H groups in total. The van der Waals surface area contributed by atoms with Crippen molar-refractivity contribution in [2.75, 3.05) is 6.61 Å². The first-order valence-corrected chi connectivity index (χ1v) is 7.59. The number of hydrogen-bond donors (Lipinski definition) is 2. The lowest BCUT2D eigenvalue weighted by Gasteiger charge is -2.13. The number of rotatable bonds is 2. The molecule has 0 saturated carbocycles. The highest BCUT2D eigenvalue weighted by Crippen LogP contribution is 2.39. The molecule has 0 radical (unpaired) electrons. The Kier molecular flexibility index (Phi) is 3.06. The van der Waals surface area contributed by atoms with Gasteiger partial charge in [0.05, 0.1) is 18.4 Å². The number of nitrogens with zero attached hydrogens (tertiary/aromatic N) is 1. The summed E-state index contributed by atoms with van der Waals surface area (Å²) in [4.78, 5) is 5.47. The molecule has 1 aliphatic carbocycles. The van der Waals surface area contributed by atoms with Crippen molar-refractivity contribution in [1.29, 1.82) is 0 Å². The largest absolute Gasteiger partial charge is 0.394 e. The van der Waals surface area contributed by atoms with Gasteiger partial charge in [0.15, 0.2) is 0 Å². The summed E-state index contributed by atoms with van der Waals surface area (Å²) < 4.78 is 16.5. The van der Waals surface area contributed by atoms with Crippen molar-refractivity contribution in [3.05, 3.63) is 59.1 Å². The maximum Gasteiger partial charge on any atom is 0.106 e. The summed E-state index contributed by atoms with van der Waals surface area (Å²) in [5.74, 6) is -0.151. The second-order valence-electron chi connectivity index (χ2n) is 5.20. The van der Waals surface area contributed by atoms with Gasteiger partial charge >= 0.3 is 0 Å². The number of nitrogens with one attached hydrogen (secondary N) is 1. The second-order valence-corrected chi connectivity index (χ2v) is 6.08. The van der Waals surface area contributed by atoms with Crippen molar-refractivity contribution in [3.8, 4) is 0 Å². The Bertz CT molecular complexity index is 749. The highest BCUT2D eigenvalue weighted by Gasteiger charge is 2.26. The average Bonchev–Trinajstić information content (AvgIpc) is 3.09. The Morgan fingerprint density at radius 3 is 3.10 bits per heavy atom. The van der Waals surface area contributed by atoms with Gasteiger partial charge in [-0.1, -0.05) is 6.07 Å². The third-order valence-electron chi connectivity index (χ3n) is 3.91. The summed E-state index contributed by atoms with van der Waals surface area (Å²) in [6.07, 6.45) is 5.38. The molecule has 0 aromatic heterocycles. The Morgan fingerprint density at radius 1 is 1.33 bits per heavy atom. The van der Waals surface area contributed by atoms with Gasteiger partial charge in [0.1, 0.15) is 5.83 Å². The molecule has 0 fully saturated rings. The van der Waals surface area contributed by atoms with Gasteiger partial charge < -0.3 is 5.11 Å². The van der Waals surface area contributed by atoms with Crippen LogP contribution in [-0.2, 0) is 0 Å². The summed E-state index contributed by atoms with van der Waals surface area (Å²) in [6, 6.07) is 6.15. The lowest BCUT2D eigenvalue weighted by atomic mass is 9.91. The number of aliphatic hydroxyl groups is 1. The minimum atomic E-state index is -0.151. The fourth-order valence-corrected chi connectivity index (χ4v) is 3.73. The van der Waals surface area contributed by atoms with Crippen LogP contribution in [0.4, 0.5) is 4.39 Å². The second kappa shape index (κ2) is 4.94. The molecule has 2 heterocycles. The van der Waals surface area contributed by atoms with Crippen molar-refractivity contribution in [1.82, 2.24) is 4.72 Å². The number of benzene rings is 1. The number of aliphatic imine (C=N–C) groups is 1. The predicted octanol–water partition coefficient (Wildman–Crippen LogP) is 3.31. The van der Waals surface area contributed by atoms with E-state index in [2.05, 4.69) is 21.8 Å². The Labute approximate surface area is 126 Å². The van der Waals surface area contributed by atoms with Crippen LogP contribution in [0.2, 0.25) is 0 Å². The lowest BCUT2D eigenvalue weighted by molar-refractivity contribution is 0.262. The van der Waals surface area contributed by atoms with E-state index in [4.69, 9.17) is 0 Å². The summed E-state index contributed by atoms with van der Waals surface area (Å²) in [7, 11) is 0. The van der Waals surface area contributed by atoms with E-state index >= 15 is 0 Å². The summed E-state index contributed by atoms with van der Waals surface area (Å²) >= 11 is 1.54. The summed E-state index contributed by atoms with van der Waals surface area (Å²) in [5.41, 5.74) is 4.96. The molecule has 0 spiro atoms. The minimum absolute atomic E-state index is 0.0370. The zero-order valence-corrected chi connectivity index (χ0v) is 12.0. The highest BCUT2D eigenvalue weighted by atomic mass is 32.2. The van der Waals surface area contributed by atoms with Crippen molar-refractivity contribution in [2.45, 2.75) is 17.4 Å². The fourth-order valence-electron chi connectivity index (χ4n) is 2.80. The molecule has 0 bridgehead atoms. The first kappa shape index (κ1) is 13.0. The van der Waals surface area contributed by atoms with Crippen LogP contribution in [0.25, 0.3) is 5.57 Å². The van der Waals surface area contributed by atoms with Gasteiger partial charge in [0, 0.05) is 28.7 Å². The van der Waals surface area contributed by atoms with Gasteiger partial charge in [-0.05, 0) is 47.4 Å². The third-order valence-corrected chi connectivity index (χ3v) is 4.90. The van der Waals surface area contributed by atoms with Crippen LogP contribution >= 0.6 is 11.9 Å². The van der Waals surface area contributed by atoms with Crippen LogP contribution in [0, 0.1) is 0 Å². The van der Waals surface area contributed by atoms with Crippen LogP contribution in [-0.4, -0.2) is 17.4 Å². The maximum atomic E-state index is 13.3. The standard InChI is InChI=1S/C16H13FN2OS/c17-10-2-3-11-13(7-18-14(11)6-10)9-1-4-16-12(5-9)15(8-20)19-21-16/h1-5,7,15,19-20H,6,8H2. The van der Waals surface area contributed by atoms with E-state index in [1.54, 1.807) is 24.2 Å². The molecule has 1 aromatic carbocycles. The molecule has 1 atom stereocenters. The topological polar surface area (TPSA) is 44.6 Å². The van der Waals surface area contributed by atoms with Gasteiger partial charge in [-0.2, -0.15) is 0 Å². The summed E-state index contributed by atoms with van der Waals surface area (Å²) in [5, 5.41) is 9.41. The van der Waals surface area contributed by atoms with Crippen LogP contribution < -0.4 is 4.72 Å². The molecule has 106 valence electrons. The van der Waals surface area contributed by atoms with Gasteiger partial charge in [0.25, 0.3) is 0 Å². The van der Waals surface area contributed by atoms with Crippen molar-refractivity contribution < 1.29 is 9.50 Å². The molecular formula is C16H13FN2OS. The van der Waals surface area contributed by atoms with Crippen molar-refractivity contribution in [3.63, 3.8) is 0 Å². The Morgan fingerprint density at radius 2 is 2.24 bits per heavy atom. The van der Waals surface area contributed by atoms with Crippen LogP contribution in [0.15, 0.2) is 57.8 Å². The maximum absolute atomic E-state index is 13.3. The Hall–Kier alpha value is -1.69. The van der Waals surface area contributed by atoms with Crippen LogP contribution in [0.5, 0.6) is 0 Å². The molecular weight excluding hydrogens is 287 g/mol. The smallest absolute Gasteiger partial charge is 0.106 e. The van der Waals surface area contributed by atoms with Gasteiger partial charge in [0.2, 0.25) is 0 Å². The molecule has 1 aromatic rings. The minimum Gasteiger partial charge on any atom is -0.394 e. The van der Waals surface area contributed by atoms with Gasteiger partial charge in [-0.15, -0.1) is 0 Å². The number of aliphatic hydroxyl groups excluding tert-OH is 1. The molecule has 0 saturated heterocycles. The highest BCUT2D eigenvalue weighted by molar-refractivity contribution is 7.97. The third kappa shape index (κ3) is 2.09. The number of halogens is 1. The SMILES string of the molecule is OCC1NSc2ccc(C3=CN=C4CC(F)=CC=C34)cc21. The van der Waals surface area contributed by atoms with E-state index in [-0.39, 0.29) is 24.9 Å². The normalized spacial score (nSPS) is 23.0. The van der Waals surface area contributed by atoms with E-state index in [0.29, 0.717) is 0 Å². The van der Waals surface area contributed by atoms with Crippen molar-refractivity contribution >= 4 is 23.2 Å². The first-order valence-electron chi connectivity index (χ1n) is 6.78. The lowest BCUT2D eigenvalue weighted by Crippen LogP contribution is -2.12. The van der Waals surface area contributed by atoms with E-state index in [1.165, 1.54) is 6.08 Å². The fraction of sp³-hybridized carbons (Fsp3) is 0.188. The molecule has 3 aliphatic rings. The first-order chi connectivity index (χ1) is 10.3. The molecule has 2 aliphatic heterocycles. The molecule has 3 nitrogen and oxygen atoms in total. The number of hydrogen-bond acceptors (Lipinski definition) is 4. The van der Waals surface area contributed by atoms with E-state index in [0.717, 1.165) is 32.9 Å². The quantitative estimate of drug-likeness (QED) is 0.824. The average molecular weight is 300 g/mol. The number of fused-ring (bicyclic) bond motifs is 2. The Balaban J connectivity index is 1.73. The molecule has 0 amide bonds. The molecule has 21 heavy (non-hydrogen) atoms. The predicted molar refractivity (Wildman–Crippen MR) is 82.6 cm³/mol. The van der Waals surface area contributed by atoms with E-state index in [1.807, 2.05) is 6.07 Å². The van der Waals surface area contributed by atoms with Crippen molar-refractivity contribution in [2.24, 2.45) is 4.99 Å². The summed E-state index contributed by atoms with van der Waals surface area (Å²) in [6.45, 7) is 0.0703. The van der Waals surface area contributed by atoms with E-state index < -0.39 is 0 Å². The molecule has 1 unspecified atom stereocenters. The zero-order chi connectivity index (χ0) is 14.4. The van der Waals surface area contributed by atoms with Crippen LogP contribution in [0.3, 0.4) is 0 Å². The molecule has 4 rings (SSSR count). The monoisotopic (exact) mass is 300 g/mol. The number of allylic oxidation sites excluding steroid dienone is 5. The van der Waals surface area contributed by atoms with E-state index in [9.17, 15) is 9.50 Å².